The molecule has 0 aromatic heterocycles. The Labute approximate surface area is 125 Å². The molecule has 0 unspecified atom stereocenters. The van der Waals surface area contributed by atoms with Crippen molar-refractivity contribution in [3.8, 4) is 0 Å². The lowest BCUT2D eigenvalue weighted by atomic mass is 10.1. The summed E-state index contributed by atoms with van der Waals surface area (Å²) in [5, 5.41) is 8.50. The van der Waals surface area contributed by atoms with E-state index >= 15 is 0 Å². The maximum atomic E-state index is 10.3. The Morgan fingerprint density at radius 2 is 1.35 bits per heavy atom. The highest BCUT2D eigenvalue weighted by Crippen LogP contribution is 2.06. The summed E-state index contributed by atoms with van der Waals surface area (Å²) in [6.45, 7) is 2.25. The van der Waals surface area contributed by atoms with Crippen LogP contribution in [0.5, 0.6) is 0 Å². The predicted molar refractivity (Wildman–Crippen MR) is 87.0 cm³/mol. The Hall–Kier alpha value is -1.05. The van der Waals surface area contributed by atoms with Crippen molar-refractivity contribution >= 4 is 5.97 Å². The van der Waals surface area contributed by atoms with E-state index in [4.69, 9.17) is 5.11 Å². The lowest BCUT2D eigenvalue weighted by Crippen LogP contribution is -1.93. The third-order valence-corrected chi connectivity index (χ3v) is 3.34. The van der Waals surface area contributed by atoms with Gasteiger partial charge in [-0.1, -0.05) is 63.3 Å². The van der Waals surface area contributed by atoms with E-state index in [1.807, 2.05) is 0 Å². The Bertz CT molecular complexity index is 267. The molecule has 0 heterocycles. The third kappa shape index (κ3) is 16.9. The van der Waals surface area contributed by atoms with E-state index in [-0.39, 0.29) is 0 Å². The zero-order valence-electron chi connectivity index (χ0n) is 13.2. The third-order valence-electron chi connectivity index (χ3n) is 3.34. The molecule has 2 nitrogen and oxygen atoms in total. The number of unbranched alkanes of at least 4 members (excludes halogenated alkanes) is 8. The molecule has 0 aliphatic rings. The smallest absolute Gasteiger partial charge is 0.303 e. The molecule has 0 aliphatic carbocycles. The quantitative estimate of drug-likeness (QED) is 0.318. The molecule has 0 radical (unpaired) electrons. The lowest BCUT2D eigenvalue weighted by molar-refractivity contribution is -0.137. The number of carboxylic acids is 1. The van der Waals surface area contributed by atoms with Crippen LogP contribution in [0, 0.1) is 0 Å². The second-order valence-electron chi connectivity index (χ2n) is 5.37. The van der Waals surface area contributed by atoms with E-state index in [1.54, 1.807) is 0 Å². The molecule has 1 N–H and O–H groups in total. The summed E-state index contributed by atoms with van der Waals surface area (Å²) in [6.07, 6.45) is 22.3. The van der Waals surface area contributed by atoms with Crippen LogP contribution in [0.15, 0.2) is 24.3 Å². The van der Waals surface area contributed by atoms with E-state index in [2.05, 4.69) is 31.2 Å². The molecule has 0 saturated heterocycles. The van der Waals surface area contributed by atoms with Crippen molar-refractivity contribution < 1.29 is 9.90 Å². The van der Waals surface area contributed by atoms with Gasteiger partial charge in [0.1, 0.15) is 0 Å². The van der Waals surface area contributed by atoms with E-state index in [0.29, 0.717) is 6.42 Å². The monoisotopic (exact) mass is 280 g/mol. The van der Waals surface area contributed by atoms with Gasteiger partial charge in [0.2, 0.25) is 0 Å². The molecular formula is C18H32O2. The number of carbonyl (C=O) groups is 1. The van der Waals surface area contributed by atoms with Crippen molar-refractivity contribution in [3.05, 3.63) is 24.3 Å². The molecule has 0 saturated carbocycles. The highest BCUT2D eigenvalue weighted by atomic mass is 16.4. The number of rotatable bonds is 14. The fourth-order valence-electron chi connectivity index (χ4n) is 2.09. The highest BCUT2D eigenvalue weighted by Gasteiger charge is 1.94. The predicted octanol–water partition coefficient (Wildman–Crippen LogP) is 5.88. The summed E-state index contributed by atoms with van der Waals surface area (Å²) in [7, 11) is 0. The van der Waals surface area contributed by atoms with Gasteiger partial charge in [0.05, 0.1) is 0 Å². The molecule has 0 amide bonds. The van der Waals surface area contributed by atoms with E-state index in [0.717, 1.165) is 32.1 Å². The minimum Gasteiger partial charge on any atom is -0.481 e. The molecule has 0 aromatic carbocycles. The number of aliphatic carboxylic acids is 1. The maximum absolute atomic E-state index is 10.3. The summed E-state index contributed by atoms with van der Waals surface area (Å²) in [6, 6.07) is 0. The summed E-state index contributed by atoms with van der Waals surface area (Å²) in [5.41, 5.74) is 0. The number of allylic oxidation sites excluding steroid dienone is 4. The molecule has 116 valence electrons. The van der Waals surface area contributed by atoms with Crippen molar-refractivity contribution in [3.63, 3.8) is 0 Å². The van der Waals surface area contributed by atoms with Gasteiger partial charge >= 0.3 is 5.97 Å². The van der Waals surface area contributed by atoms with Gasteiger partial charge in [-0.25, -0.2) is 0 Å². The van der Waals surface area contributed by atoms with Crippen LogP contribution in [0.4, 0.5) is 0 Å². The molecule has 0 bridgehead atoms. The second kappa shape index (κ2) is 16.0. The van der Waals surface area contributed by atoms with E-state index in [1.165, 1.54) is 38.5 Å². The molecule has 0 aliphatic heterocycles. The van der Waals surface area contributed by atoms with Gasteiger partial charge in [-0.15, -0.1) is 0 Å². The molecule has 0 fully saturated rings. The molecule has 0 spiro atoms. The van der Waals surface area contributed by atoms with Crippen molar-refractivity contribution in [2.45, 2.75) is 84.0 Å². The Morgan fingerprint density at radius 3 is 1.90 bits per heavy atom. The molecule has 0 atom stereocenters. The normalized spacial score (nSPS) is 11.7. The summed E-state index contributed by atoms with van der Waals surface area (Å²) < 4.78 is 0. The molecule has 0 aromatic rings. The Balaban J connectivity index is 3.20. The SMILES string of the molecule is CCCCCCC/C=C\C/C=C\CCCCCC(=O)O. The highest BCUT2D eigenvalue weighted by molar-refractivity contribution is 5.66. The van der Waals surface area contributed by atoms with Gasteiger partial charge in [0.25, 0.3) is 0 Å². The van der Waals surface area contributed by atoms with Gasteiger partial charge in [-0.2, -0.15) is 0 Å². The van der Waals surface area contributed by atoms with Crippen LogP contribution < -0.4 is 0 Å². The first-order chi connectivity index (χ1) is 9.77. The first-order valence-electron chi connectivity index (χ1n) is 8.29. The lowest BCUT2D eigenvalue weighted by Gasteiger charge is -1.96. The minimum absolute atomic E-state index is 0.310. The Kier molecular flexibility index (Phi) is 15.2. The van der Waals surface area contributed by atoms with E-state index < -0.39 is 5.97 Å². The van der Waals surface area contributed by atoms with Gasteiger partial charge in [-0.05, 0) is 38.5 Å². The number of hydrogen-bond donors (Lipinski definition) is 1. The first kappa shape index (κ1) is 18.9. The van der Waals surface area contributed by atoms with Crippen molar-refractivity contribution in [2.75, 3.05) is 0 Å². The fourth-order valence-corrected chi connectivity index (χ4v) is 2.09. The average Bonchev–Trinajstić information content (AvgIpc) is 2.43. The van der Waals surface area contributed by atoms with Crippen LogP contribution in [0.1, 0.15) is 84.0 Å². The van der Waals surface area contributed by atoms with Crippen molar-refractivity contribution in [1.82, 2.24) is 0 Å². The van der Waals surface area contributed by atoms with Crippen LogP contribution >= 0.6 is 0 Å². The second-order valence-corrected chi connectivity index (χ2v) is 5.37. The first-order valence-corrected chi connectivity index (χ1v) is 8.29. The van der Waals surface area contributed by atoms with Crippen molar-refractivity contribution in [2.24, 2.45) is 0 Å². The Morgan fingerprint density at radius 1 is 0.800 bits per heavy atom. The van der Waals surface area contributed by atoms with Gasteiger partial charge < -0.3 is 5.11 Å². The van der Waals surface area contributed by atoms with Gasteiger partial charge in [0, 0.05) is 6.42 Å². The summed E-state index contributed by atoms with van der Waals surface area (Å²) in [5.74, 6) is -0.680. The zero-order valence-corrected chi connectivity index (χ0v) is 13.2. The van der Waals surface area contributed by atoms with Crippen LogP contribution in [-0.4, -0.2) is 11.1 Å². The largest absolute Gasteiger partial charge is 0.481 e. The van der Waals surface area contributed by atoms with Crippen LogP contribution in [0.25, 0.3) is 0 Å². The van der Waals surface area contributed by atoms with Crippen LogP contribution in [-0.2, 0) is 4.79 Å². The van der Waals surface area contributed by atoms with Crippen LogP contribution in [0.3, 0.4) is 0 Å². The zero-order chi connectivity index (χ0) is 14.9. The average molecular weight is 280 g/mol. The topological polar surface area (TPSA) is 37.3 Å². The van der Waals surface area contributed by atoms with Gasteiger partial charge in [-0.3, -0.25) is 4.79 Å². The van der Waals surface area contributed by atoms with Gasteiger partial charge in [0.15, 0.2) is 0 Å². The number of hydrogen-bond acceptors (Lipinski definition) is 1. The minimum atomic E-state index is -0.680. The van der Waals surface area contributed by atoms with Crippen LogP contribution in [0.2, 0.25) is 0 Å². The van der Waals surface area contributed by atoms with E-state index in [9.17, 15) is 4.79 Å². The standard InChI is InChI=1S/C18H32O2/c1-2-3-4-5-6-7-8-9-10-11-12-13-14-15-16-17-18(19)20/h8-9,11-12H,2-7,10,13-17H2,1H3,(H,19,20)/b9-8-,12-11-. The maximum Gasteiger partial charge on any atom is 0.303 e. The van der Waals surface area contributed by atoms with Crippen molar-refractivity contribution in [1.29, 1.82) is 0 Å². The molecular weight excluding hydrogens is 248 g/mol. The summed E-state index contributed by atoms with van der Waals surface area (Å²) >= 11 is 0. The fraction of sp³-hybridized carbons (Fsp3) is 0.722. The molecule has 20 heavy (non-hydrogen) atoms. The molecule has 0 rings (SSSR count). The summed E-state index contributed by atoms with van der Waals surface area (Å²) in [4.78, 5) is 10.3. The molecule has 2 heteroatoms. The number of carboxylic acid groups (broad SMARTS) is 1.